The third kappa shape index (κ3) is 4.92. The molecule has 2 aromatic rings. The average molecular weight is 449 g/mol. The van der Waals surface area contributed by atoms with Gasteiger partial charge in [0.25, 0.3) is 5.56 Å². The van der Waals surface area contributed by atoms with E-state index in [1.54, 1.807) is 15.7 Å². The Morgan fingerprint density at radius 2 is 2.06 bits per heavy atom. The molecular formula is C21H29ClN6O3. The highest BCUT2D eigenvalue weighted by molar-refractivity contribution is 6.28. The number of aromatic nitrogens is 4. The van der Waals surface area contributed by atoms with Crippen LogP contribution in [0.3, 0.4) is 0 Å². The molecule has 3 heterocycles. The van der Waals surface area contributed by atoms with Gasteiger partial charge in [0, 0.05) is 25.7 Å². The minimum Gasteiger partial charge on any atom is -0.444 e. The molecule has 2 atom stereocenters. The third-order valence-electron chi connectivity index (χ3n) is 5.81. The van der Waals surface area contributed by atoms with Crippen molar-refractivity contribution in [1.82, 2.24) is 24.4 Å². The fourth-order valence-electron chi connectivity index (χ4n) is 4.00. The van der Waals surface area contributed by atoms with Crippen LogP contribution < -0.4 is 10.9 Å². The van der Waals surface area contributed by atoms with E-state index in [1.165, 1.54) is 0 Å². The number of nitrogens with zero attached hydrogens (tertiary/aromatic N) is 5. The maximum Gasteiger partial charge on any atom is 0.410 e. The van der Waals surface area contributed by atoms with E-state index in [0.29, 0.717) is 36.7 Å². The van der Waals surface area contributed by atoms with Crippen LogP contribution in [0.25, 0.3) is 11.2 Å². The third-order valence-corrected chi connectivity index (χ3v) is 5.99. The Bertz CT molecular complexity index is 1050. The molecule has 1 amide bonds. The number of fused-ring (bicyclic) bond motifs is 1. The second-order valence-corrected chi connectivity index (χ2v) is 9.86. The molecule has 1 saturated carbocycles. The van der Waals surface area contributed by atoms with Crippen LogP contribution in [0, 0.1) is 11.8 Å². The SMILES string of the molecule is C[C@@H](C1CC1)n1c(=O)c(NC[C@@H]2CCN(C(=O)OC(C)(C)C)C2)nc2cnc(Cl)nc21. The van der Waals surface area contributed by atoms with Crippen molar-refractivity contribution in [2.45, 2.75) is 58.6 Å². The number of likely N-dealkylation sites (tertiary alicyclic amines) is 1. The molecular weight excluding hydrogens is 420 g/mol. The summed E-state index contributed by atoms with van der Waals surface area (Å²) in [6, 6.07) is 0.0126. The normalized spacial score (nSPS) is 20.2. The molecule has 2 fully saturated rings. The molecule has 1 saturated heterocycles. The smallest absolute Gasteiger partial charge is 0.410 e. The number of anilines is 1. The molecule has 0 aromatic carbocycles. The molecule has 1 N–H and O–H groups in total. The molecule has 1 aliphatic carbocycles. The zero-order valence-electron chi connectivity index (χ0n) is 18.4. The van der Waals surface area contributed by atoms with Gasteiger partial charge in [-0.15, -0.1) is 0 Å². The highest BCUT2D eigenvalue weighted by Crippen LogP contribution is 2.39. The minimum absolute atomic E-state index is 0.0126. The minimum atomic E-state index is -0.517. The molecule has 2 aliphatic rings. The molecule has 1 aliphatic heterocycles. The van der Waals surface area contributed by atoms with Gasteiger partial charge >= 0.3 is 6.09 Å². The van der Waals surface area contributed by atoms with Crippen molar-refractivity contribution in [1.29, 1.82) is 0 Å². The Labute approximate surface area is 186 Å². The van der Waals surface area contributed by atoms with E-state index in [4.69, 9.17) is 16.3 Å². The molecule has 0 unspecified atom stereocenters. The summed E-state index contributed by atoms with van der Waals surface area (Å²) in [7, 11) is 0. The van der Waals surface area contributed by atoms with Crippen LogP contribution in [0.5, 0.6) is 0 Å². The first-order valence-corrected chi connectivity index (χ1v) is 11.2. The van der Waals surface area contributed by atoms with Crippen molar-refractivity contribution >= 4 is 34.7 Å². The van der Waals surface area contributed by atoms with E-state index in [0.717, 1.165) is 19.3 Å². The van der Waals surface area contributed by atoms with E-state index >= 15 is 0 Å². The lowest BCUT2D eigenvalue weighted by Gasteiger charge is -2.24. The predicted octanol–water partition coefficient (Wildman–Crippen LogP) is 3.48. The standard InChI is InChI=1S/C21H29ClN6O3/c1-12(14-5-6-14)28-17-15(10-24-19(22)26-17)25-16(18(28)29)23-9-13-7-8-27(11-13)20(30)31-21(2,3)4/h10,12-14H,5-9,11H2,1-4H3,(H,23,25)/t12-,13-/m0/s1. The summed E-state index contributed by atoms with van der Waals surface area (Å²) in [6.45, 7) is 9.37. The van der Waals surface area contributed by atoms with Crippen molar-refractivity contribution in [3.05, 3.63) is 21.8 Å². The van der Waals surface area contributed by atoms with Crippen molar-refractivity contribution in [2.24, 2.45) is 11.8 Å². The Kier molecular flexibility index (Phi) is 5.81. The Balaban J connectivity index is 1.50. The molecule has 4 rings (SSSR count). The molecule has 168 valence electrons. The van der Waals surface area contributed by atoms with Gasteiger partial charge in [-0.2, -0.15) is 4.98 Å². The van der Waals surface area contributed by atoms with E-state index in [2.05, 4.69) is 20.3 Å². The topological polar surface area (TPSA) is 102 Å². The van der Waals surface area contributed by atoms with E-state index in [1.807, 2.05) is 27.7 Å². The van der Waals surface area contributed by atoms with Crippen LogP contribution in [-0.4, -0.2) is 55.7 Å². The quantitative estimate of drug-likeness (QED) is 0.698. The second kappa shape index (κ2) is 8.26. The largest absolute Gasteiger partial charge is 0.444 e. The average Bonchev–Trinajstić information content (AvgIpc) is 3.42. The van der Waals surface area contributed by atoms with Crippen molar-refractivity contribution in [3.63, 3.8) is 0 Å². The fraction of sp³-hybridized carbons (Fsp3) is 0.667. The number of hydrogen-bond donors (Lipinski definition) is 1. The van der Waals surface area contributed by atoms with Crippen LogP contribution in [-0.2, 0) is 4.74 Å². The predicted molar refractivity (Wildman–Crippen MR) is 118 cm³/mol. The zero-order valence-corrected chi connectivity index (χ0v) is 19.1. The summed E-state index contributed by atoms with van der Waals surface area (Å²) in [5, 5.41) is 3.31. The molecule has 0 spiro atoms. The number of amides is 1. The second-order valence-electron chi connectivity index (χ2n) is 9.52. The van der Waals surface area contributed by atoms with Gasteiger partial charge in [0.15, 0.2) is 11.5 Å². The van der Waals surface area contributed by atoms with E-state index < -0.39 is 5.60 Å². The summed E-state index contributed by atoms with van der Waals surface area (Å²) in [5.41, 5.74) is 0.271. The van der Waals surface area contributed by atoms with Gasteiger partial charge in [-0.3, -0.25) is 9.36 Å². The lowest BCUT2D eigenvalue weighted by Crippen LogP contribution is -2.36. The van der Waals surface area contributed by atoms with Gasteiger partial charge in [0.05, 0.1) is 6.20 Å². The fourth-order valence-corrected chi connectivity index (χ4v) is 4.12. The molecule has 0 radical (unpaired) electrons. The number of hydrogen-bond acceptors (Lipinski definition) is 7. The van der Waals surface area contributed by atoms with Gasteiger partial charge < -0.3 is 15.0 Å². The Hall–Kier alpha value is -2.42. The van der Waals surface area contributed by atoms with Gasteiger partial charge in [-0.1, -0.05) is 0 Å². The summed E-state index contributed by atoms with van der Waals surface area (Å²) in [6.07, 6.45) is 4.29. The summed E-state index contributed by atoms with van der Waals surface area (Å²) in [4.78, 5) is 40.0. The first-order chi connectivity index (χ1) is 14.6. The van der Waals surface area contributed by atoms with Crippen LogP contribution in [0.1, 0.15) is 53.0 Å². The molecule has 0 bridgehead atoms. The van der Waals surface area contributed by atoms with Crippen LogP contribution >= 0.6 is 11.6 Å². The van der Waals surface area contributed by atoms with Gasteiger partial charge in [0.2, 0.25) is 5.28 Å². The van der Waals surface area contributed by atoms with Crippen molar-refractivity contribution < 1.29 is 9.53 Å². The number of carbonyl (C=O) groups is 1. The van der Waals surface area contributed by atoms with E-state index in [9.17, 15) is 9.59 Å². The van der Waals surface area contributed by atoms with Crippen molar-refractivity contribution in [2.75, 3.05) is 25.0 Å². The highest BCUT2D eigenvalue weighted by atomic mass is 35.5. The zero-order chi connectivity index (χ0) is 22.3. The summed E-state index contributed by atoms with van der Waals surface area (Å²) < 4.78 is 7.15. The molecule has 10 heteroatoms. The van der Waals surface area contributed by atoms with Crippen LogP contribution in [0.4, 0.5) is 10.6 Å². The van der Waals surface area contributed by atoms with Crippen LogP contribution in [0.2, 0.25) is 5.28 Å². The molecule has 31 heavy (non-hydrogen) atoms. The lowest BCUT2D eigenvalue weighted by atomic mass is 10.1. The number of halogens is 1. The molecule has 9 nitrogen and oxygen atoms in total. The maximum absolute atomic E-state index is 13.3. The monoisotopic (exact) mass is 448 g/mol. The first kappa shape index (κ1) is 21.8. The maximum atomic E-state index is 13.3. The Morgan fingerprint density at radius 3 is 2.74 bits per heavy atom. The summed E-state index contributed by atoms with van der Waals surface area (Å²) in [5.74, 6) is 0.948. The first-order valence-electron chi connectivity index (χ1n) is 10.8. The lowest BCUT2D eigenvalue weighted by molar-refractivity contribution is 0.0289. The summed E-state index contributed by atoms with van der Waals surface area (Å²) >= 11 is 5.99. The highest BCUT2D eigenvalue weighted by Gasteiger charge is 2.33. The van der Waals surface area contributed by atoms with Gasteiger partial charge in [-0.05, 0) is 70.4 Å². The van der Waals surface area contributed by atoms with E-state index in [-0.39, 0.29) is 34.7 Å². The van der Waals surface area contributed by atoms with Crippen LogP contribution in [0.15, 0.2) is 11.0 Å². The number of nitrogens with one attached hydrogen (secondary N) is 1. The Morgan fingerprint density at radius 1 is 1.32 bits per heavy atom. The van der Waals surface area contributed by atoms with Crippen molar-refractivity contribution in [3.8, 4) is 0 Å². The number of rotatable bonds is 5. The van der Waals surface area contributed by atoms with Gasteiger partial charge in [0.1, 0.15) is 11.1 Å². The van der Waals surface area contributed by atoms with Gasteiger partial charge in [-0.25, -0.2) is 14.8 Å². The number of ether oxygens (including phenoxy) is 1. The molecule has 2 aromatic heterocycles. The number of carbonyl (C=O) groups excluding carboxylic acids is 1.